The molecule has 16 heavy (non-hydrogen) atoms. The van der Waals surface area contributed by atoms with Crippen LogP contribution in [0.25, 0.3) is 0 Å². The molecule has 0 heterocycles. The minimum atomic E-state index is -0.835. The summed E-state index contributed by atoms with van der Waals surface area (Å²) in [6.45, 7) is 3.75. The second-order valence-electron chi connectivity index (χ2n) is 3.62. The molecule has 0 aliphatic rings. The molecule has 1 atom stereocenters. The molecular weight excluding hydrogens is 206 g/mol. The van der Waals surface area contributed by atoms with Gasteiger partial charge >= 0.3 is 5.97 Å². The van der Waals surface area contributed by atoms with E-state index in [0.29, 0.717) is 6.42 Å². The summed E-state index contributed by atoms with van der Waals surface area (Å²) < 4.78 is 5.08. The molecule has 4 nitrogen and oxygen atoms in total. The predicted molar refractivity (Wildman–Crippen MR) is 63.1 cm³/mol. The molecule has 0 spiro atoms. The van der Waals surface area contributed by atoms with Gasteiger partial charge in [-0.3, -0.25) is 0 Å². The van der Waals surface area contributed by atoms with Gasteiger partial charge in [-0.05, 0) is 37.1 Å². The lowest BCUT2D eigenvalue weighted by molar-refractivity contribution is -0.137. The topological polar surface area (TPSA) is 58.6 Å². The van der Waals surface area contributed by atoms with Gasteiger partial charge in [0, 0.05) is 5.69 Å². The van der Waals surface area contributed by atoms with Gasteiger partial charge in [-0.15, -0.1) is 0 Å². The summed E-state index contributed by atoms with van der Waals surface area (Å²) in [5.74, 6) is -0.0656. The monoisotopic (exact) mass is 223 g/mol. The minimum Gasteiger partial charge on any atom is -0.497 e. The van der Waals surface area contributed by atoms with Gasteiger partial charge in [0.1, 0.15) is 11.8 Å². The van der Waals surface area contributed by atoms with E-state index >= 15 is 0 Å². The van der Waals surface area contributed by atoms with Crippen molar-refractivity contribution < 1.29 is 14.6 Å². The number of benzene rings is 1. The maximum absolute atomic E-state index is 10.9. The van der Waals surface area contributed by atoms with Gasteiger partial charge in [-0.2, -0.15) is 0 Å². The van der Waals surface area contributed by atoms with Crippen molar-refractivity contribution in [3.63, 3.8) is 0 Å². The molecule has 1 aromatic carbocycles. The summed E-state index contributed by atoms with van der Waals surface area (Å²) in [5.41, 5.74) is 1.80. The zero-order valence-electron chi connectivity index (χ0n) is 9.78. The molecule has 0 aliphatic carbocycles. The van der Waals surface area contributed by atoms with Crippen molar-refractivity contribution in [2.75, 3.05) is 12.4 Å². The van der Waals surface area contributed by atoms with Crippen molar-refractivity contribution in [1.82, 2.24) is 0 Å². The van der Waals surface area contributed by atoms with E-state index in [-0.39, 0.29) is 0 Å². The van der Waals surface area contributed by atoms with E-state index < -0.39 is 12.0 Å². The third-order valence-electron chi connectivity index (χ3n) is 2.47. The van der Waals surface area contributed by atoms with Crippen molar-refractivity contribution in [3.8, 4) is 5.75 Å². The molecule has 0 aliphatic heterocycles. The lowest BCUT2D eigenvalue weighted by Crippen LogP contribution is -2.28. The highest BCUT2D eigenvalue weighted by Gasteiger charge is 2.15. The Balaban J connectivity index is 2.84. The minimum absolute atomic E-state index is 0.542. The molecule has 4 heteroatoms. The smallest absolute Gasteiger partial charge is 0.326 e. The van der Waals surface area contributed by atoms with Crippen LogP contribution in [0.1, 0.15) is 18.9 Å². The van der Waals surface area contributed by atoms with Crippen LogP contribution >= 0.6 is 0 Å². The SMILES string of the molecule is CCC(Nc1ccc(OC)cc1C)C(=O)O. The molecule has 88 valence electrons. The zero-order chi connectivity index (χ0) is 12.1. The highest BCUT2D eigenvalue weighted by atomic mass is 16.5. The molecular formula is C12H17NO3. The van der Waals surface area contributed by atoms with Crippen LogP contribution in [0.15, 0.2) is 18.2 Å². The van der Waals surface area contributed by atoms with E-state index in [4.69, 9.17) is 9.84 Å². The number of ether oxygens (including phenoxy) is 1. The van der Waals surface area contributed by atoms with Crippen LogP contribution in [-0.4, -0.2) is 24.2 Å². The van der Waals surface area contributed by atoms with Crippen LogP contribution in [0.5, 0.6) is 5.75 Å². The first-order chi connectivity index (χ1) is 7.58. The van der Waals surface area contributed by atoms with Gasteiger partial charge in [0.25, 0.3) is 0 Å². The Morgan fingerprint density at radius 2 is 2.25 bits per heavy atom. The molecule has 2 N–H and O–H groups in total. The third kappa shape index (κ3) is 2.89. The first-order valence-electron chi connectivity index (χ1n) is 5.22. The molecule has 0 aromatic heterocycles. The predicted octanol–water partition coefficient (Wildman–Crippen LogP) is 2.28. The lowest BCUT2D eigenvalue weighted by atomic mass is 10.1. The van der Waals surface area contributed by atoms with E-state index in [0.717, 1.165) is 17.0 Å². The molecule has 1 unspecified atom stereocenters. The average Bonchev–Trinajstić information content (AvgIpc) is 2.26. The van der Waals surface area contributed by atoms with Crippen molar-refractivity contribution in [2.45, 2.75) is 26.3 Å². The van der Waals surface area contributed by atoms with E-state index in [1.165, 1.54) is 0 Å². The number of methoxy groups -OCH3 is 1. The summed E-state index contributed by atoms with van der Waals surface area (Å²) in [6.07, 6.45) is 0.542. The van der Waals surface area contributed by atoms with Crippen molar-refractivity contribution in [2.24, 2.45) is 0 Å². The Hall–Kier alpha value is -1.71. The number of aliphatic carboxylic acids is 1. The number of hydrogen-bond acceptors (Lipinski definition) is 3. The quantitative estimate of drug-likeness (QED) is 0.804. The molecule has 0 saturated carbocycles. The number of anilines is 1. The van der Waals surface area contributed by atoms with Crippen LogP contribution in [-0.2, 0) is 4.79 Å². The fraction of sp³-hybridized carbons (Fsp3) is 0.417. The molecule has 0 amide bonds. The second kappa shape index (κ2) is 5.39. The normalized spacial score (nSPS) is 11.9. The first-order valence-corrected chi connectivity index (χ1v) is 5.22. The van der Waals surface area contributed by atoms with E-state index in [2.05, 4.69) is 5.32 Å². The highest BCUT2D eigenvalue weighted by molar-refractivity contribution is 5.77. The maximum atomic E-state index is 10.9. The third-order valence-corrected chi connectivity index (χ3v) is 2.47. The Labute approximate surface area is 95.2 Å². The average molecular weight is 223 g/mol. The standard InChI is InChI=1S/C12H17NO3/c1-4-10(12(14)15)13-11-6-5-9(16-3)7-8(11)2/h5-7,10,13H,4H2,1-3H3,(H,14,15). The van der Waals surface area contributed by atoms with Crippen molar-refractivity contribution in [3.05, 3.63) is 23.8 Å². The number of hydrogen-bond donors (Lipinski definition) is 2. The summed E-state index contributed by atoms with van der Waals surface area (Å²) in [7, 11) is 1.61. The molecule has 0 fully saturated rings. The first kappa shape index (κ1) is 12.4. The second-order valence-corrected chi connectivity index (χ2v) is 3.62. The molecule has 0 radical (unpaired) electrons. The Kier molecular flexibility index (Phi) is 4.17. The van der Waals surface area contributed by atoms with Crippen LogP contribution in [0, 0.1) is 6.92 Å². The number of carbonyl (C=O) groups is 1. The highest BCUT2D eigenvalue weighted by Crippen LogP contribution is 2.22. The van der Waals surface area contributed by atoms with Crippen LogP contribution in [0.2, 0.25) is 0 Å². The fourth-order valence-electron chi connectivity index (χ4n) is 1.45. The number of carboxylic acid groups (broad SMARTS) is 1. The van der Waals surface area contributed by atoms with Crippen molar-refractivity contribution in [1.29, 1.82) is 0 Å². The van der Waals surface area contributed by atoms with Gasteiger partial charge in [-0.1, -0.05) is 6.92 Å². The van der Waals surface area contributed by atoms with Gasteiger partial charge in [0.05, 0.1) is 7.11 Å². The molecule has 1 rings (SSSR count). The lowest BCUT2D eigenvalue weighted by Gasteiger charge is -2.16. The summed E-state index contributed by atoms with van der Waals surface area (Å²) in [5, 5.41) is 11.9. The van der Waals surface area contributed by atoms with Crippen molar-refractivity contribution >= 4 is 11.7 Å². The number of rotatable bonds is 5. The summed E-state index contributed by atoms with van der Waals surface area (Å²) in [6, 6.07) is 4.97. The largest absolute Gasteiger partial charge is 0.497 e. The molecule has 0 bridgehead atoms. The van der Waals surface area contributed by atoms with E-state index in [9.17, 15) is 4.79 Å². The Bertz CT molecular complexity index is 377. The maximum Gasteiger partial charge on any atom is 0.326 e. The Morgan fingerprint density at radius 1 is 1.56 bits per heavy atom. The summed E-state index contributed by atoms with van der Waals surface area (Å²) in [4.78, 5) is 10.9. The Morgan fingerprint density at radius 3 is 2.69 bits per heavy atom. The van der Waals surface area contributed by atoms with Gasteiger partial charge < -0.3 is 15.2 Å². The molecule has 0 saturated heterocycles. The zero-order valence-corrected chi connectivity index (χ0v) is 9.78. The van der Waals surface area contributed by atoms with Gasteiger partial charge in [0.2, 0.25) is 0 Å². The number of carboxylic acids is 1. The van der Waals surface area contributed by atoms with Gasteiger partial charge in [-0.25, -0.2) is 4.79 Å². The van der Waals surface area contributed by atoms with Crippen LogP contribution in [0.3, 0.4) is 0 Å². The summed E-state index contributed by atoms with van der Waals surface area (Å²) >= 11 is 0. The van der Waals surface area contributed by atoms with E-state index in [1.807, 2.05) is 32.0 Å². The number of nitrogens with one attached hydrogen (secondary N) is 1. The fourth-order valence-corrected chi connectivity index (χ4v) is 1.45. The number of aryl methyl sites for hydroxylation is 1. The van der Waals surface area contributed by atoms with E-state index in [1.54, 1.807) is 7.11 Å². The van der Waals surface area contributed by atoms with Crippen LogP contribution < -0.4 is 10.1 Å². The van der Waals surface area contributed by atoms with Gasteiger partial charge in [0.15, 0.2) is 0 Å². The molecule has 1 aromatic rings. The van der Waals surface area contributed by atoms with Crippen LogP contribution in [0.4, 0.5) is 5.69 Å².